The summed E-state index contributed by atoms with van der Waals surface area (Å²) in [5.74, 6) is -0.121. The third kappa shape index (κ3) is 5.43. The number of thiazole rings is 2. The highest BCUT2D eigenvalue weighted by molar-refractivity contribution is 7.16. The van der Waals surface area contributed by atoms with Crippen molar-refractivity contribution in [2.75, 3.05) is 24.6 Å². The quantitative estimate of drug-likeness (QED) is 0.466. The summed E-state index contributed by atoms with van der Waals surface area (Å²) in [7, 11) is 0. The molecule has 3 aromatic rings. The highest BCUT2D eigenvalue weighted by Crippen LogP contribution is 2.34. The van der Waals surface area contributed by atoms with Crippen LogP contribution >= 0.6 is 22.7 Å². The van der Waals surface area contributed by atoms with Gasteiger partial charge in [-0.05, 0) is 37.1 Å². The van der Waals surface area contributed by atoms with Gasteiger partial charge in [0.25, 0.3) is 0 Å². The topological polar surface area (TPSA) is 86.5 Å². The van der Waals surface area contributed by atoms with Gasteiger partial charge in [-0.25, -0.2) is 9.97 Å². The minimum atomic E-state index is -4.36. The number of alkyl halides is 3. The SMILES string of the molecule is O=C(Cc1nc(-c2sc(CO)nc2CCCO)cs1)C1CN(c2ccc(C(F)(F)F)cc2)C1. The number of ketones is 1. The maximum Gasteiger partial charge on any atom is 0.416 e. The summed E-state index contributed by atoms with van der Waals surface area (Å²) in [6, 6.07) is 4.97. The van der Waals surface area contributed by atoms with Crippen LogP contribution in [0.15, 0.2) is 29.6 Å². The van der Waals surface area contributed by atoms with Crippen molar-refractivity contribution in [3.8, 4) is 10.6 Å². The molecule has 1 aliphatic rings. The van der Waals surface area contributed by atoms with Crippen molar-refractivity contribution >= 4 is 34.1 Å². The molecule has 1 aromatic carbocycles. The third-order valence-corrected chi connectivity index (χ3v) is 7.41. The van der Waals surface area contributed by atoms with Crippen LogP contribution < -0.4 is 4.90 Å². The normalized spacial score (nSPS) is 14.5. The van der Waals surface area contributed by atoms with Crippen molar-refractivity contribution in [3.63, 3.8) is 0 Å². The first-order chi connectivity index (χ1) is 15.8. The standard InChI is InChI=1S/C22H22F3N3O3S2/c23-22(24,25)14-3-5-15(6-4-14)28-9-13(10-28)18(31)8-19-27-17(12-32-19)21-16(2-1-7-29)26-20(11-30)33-21/h3-6,12-13,29-30H,1-2,7-11H2. The molecule has 0 radical (unpaired) electrons. The van der Waals surface area contributed by atoms with Gasteiger partial charge < -0.3 is 15.1 Å². The lowest BCUT2D eigenvalue weighted by atomic mass is 9.92. The highest BCUT2D eigenvalue weighted by Gasteiger charge is 2.34. The lowest BCUT2D eigenvalue weighted by Gasteiger charge is -2.40. The third-order valence-electron chi connectivity index (χ3n) is 5.46. The maximum atomic E-state index is 12.7. The zero-order valence-corrected chi connectivity index (χ0v) is 19.1. The van der Waals surface area contributed by atoms with E-state index < -0.39 is 11.7 Å². The van der Waals surface area contributed by atoms with E-state index in [4.69, 9.17) is 5.11 Å². The number of rotatable bonds is 9. The van der Waals surface area contributed by atoms with Gasteiger partial charge in [-0.15, -0.1) is 22.7 Å². The van der Waals surface area contributed by atoms with E-state index in [1.165, 1.54) is 34.8 Å². The molecule has 1 saturated heterocycles. The smallest absolute Gasteiger partial charge is 0.396 e. The van der Waals surface area contributed by atoms with Gasteiger partial charge in [-0.1, -0.05) is 0 Å². The zero-order valence-electron chi connectivity index (χ0n) is 17.5. The van der Waals surface area contributed by atoms with E-state index in [-0.39, 0.29) is 31.3 Å². The maximum absolute atomic E-state index is 12.7. The monoisotopic (exact) mass is 497 g/mol. The van der Waals surface area contributed by atoms with Gasteiger partial charge in [0.05, 0.1) is 40.8 Å². The summed E-state index contributed by atoms with van der Waals surface area (Å²) < 4.78 is 38.1. The number of aryl methyl sites for hydroxylation is 1. The number of nitrogens with zero attached hydrogens (tertiary/aromatic N) is 3. The van der Waals surface area contributed by atoms with E-state index >= 15 is 0 Å². The molecular formula is C22H22F3N3O3S2. The van der Waals surface area contributed by atoms with Crippen LogP contribution in [0.1, 0.15) is 27.7 Å². The van der Waals surface area contributed by atoms with E-state index in [9.17, 15) is 23.1 Å². The van der Waals surface area contributed by atoms with E-state index in [2.05, 4.69) is 9.97 Å². The van der Waals surface area contributed by atoms with Crippen LogP contribution in [-0.4, -0.2) is 45.7 Å². The summed E-state index contributed by atoms with van der Waals surface area (Å²) in [6.07, 6.45) is -3.02. The Kier molecular flexibility index (Phi) is 7.13. The average molecular weight is 498 g/mol. The number of anilines is 1. The molecule has 0 atom stereocenters. The molecule has 0 aliphatic carbocycles. The van der Waals surface area contributed by atoms with Crippen LogP contribution in [-0.2, 0) is 30.4 Å². The first-order valence-corrected chi connectivity index (χ1v) is 12.1. The molecule has 0 unspecified atom stereocenters. The second-order valence-corrected chi connectivity index (χ2v) is 9.81. The van der Waals surface area contributed by atoms with Gasteiger partial charge in [0, 0.05) is 30.8 Å². The molecule has 2 N–H and O–H groups in total. The number of aliphatic hydroxyl groups excluding tert-OH is 2. The Bertz CT molecular complexity index is 1110. The Morgan fingerprint density at radius 3 is 2.48 bits per heavy atom. The number of halogens is 3. The molecule has 6 nitrogen and oxygen atoms in total. The van der Waals surface area contributed by atoms with Crippen molar-refractivity contribution in [3.05, 3.63) is 50.9 Å². The summed E-state index contributed by atoms with van der Waals surface area (Å²) in [5.41, 5.74) is 1.48. The molecule has 0 amide bonds. The fourth-order valence-electron chi connectivity index (χ4n) is 3.63. The molecule has 33 heavy (non-hydrogen) atoms. The van der Waals surface area contributed by atoms with E-state index in [1.807, 2.05) is 10.3 Å². The number of aliphatic hydroxyl groups is 2. The largest absolute Gasteiger partial charge is 0.416 e. The molecule has 0 bridgehead atoms. The van der Waals surface area contributed by atoms with Gasteiger partial charge in [0.1, 0.15) is 15.8 Å². The number of carbonyl (C=O) groups is 1. The number of hydrogen-bond donors (Lipinski definition) is 2. The Hall–Kier alpha value is -2.34. The molecule has 1 aliphatic heterocycles. The van der Waals surface area contributed by atoms with Gasteiger partial charge in [-0.2, -0.15) is 13.2 Å². The fraction of sp³-hybridized carbons (Fsp3) is 0.409. The number of aromatic nitrogens is 2. The summed E-state index contributed by atoms with van der Waals surface area (Å²) in [5, 5.41) is 21.6. The van der Waals surface area contributed by atoms with Crippen LogP contribution in [0.25, 0.3) is 10.6 Å². The number of Topliss-reactive ketones (excluding diaryl/α,β-unsaturated/α-hetero) is 1. The van der Waals surface area contributed by atoms with E-state index in [0.29, 0.717) is 47.3 Å². The lowest BCUT2D eigenvalue weighted by Crippen LogP contribution is -2.50. The fourth-order valence-corrected chi connectivity index (χ4v) is 5.43. The summed E-state index contributed by atoms with van der Waals surface area (Å²) in [4.78, 5) is 24.4. The average Bonchev–Trinajstić information content (AvgIpc) is 3.37. The molecule has 176 valence electrons. The van der Waals surface area contributed by atoms with Crippen LogP contribution in [0.3, 0.4) is 0 Å². The van der Waals surface area contributed by atoms with E-state index in [1.54, 1.807) is 0 Å². The molecule has 2 aromatic heterocycles. The molecule has 1 fully saturated rings. The highest BCUT2D eigenvalue weighted by atomic mass is 32.1. The Balaban J connectivity index is 1.35. The predicted octanol–water partition coefficient (Wildman–Crippen LogP) is 3.95. The lowest BCUT2D eigenvalue weighted by molar-refractivity contribution is -0.137. The van der Waals surface area contributed by atoms with Crippen molar-refractivity contribution in [2.24, 2.45) is 5.92 Å². The molecule has 0 saturated carbocycles. The van der Waals surface area contributed by atoms with Crippen LogP contribution in [0.5, 0.6) is 0 Å². The molecule has 4 rings (SSSR count). The molecule has 11 heteroatoms. The second kappa shape index (κ2) is 9.88. The molecule has 0 spiro atoms. The Morgan fingerprint density at radius 2 is 1.85 bits per heavy atom. The molecular weight excluding hydrogens is 475 g/mol. The van der Waals surface area contributed by atoms with E-state index in [0.717, 1.165) is 22.7 Å². The summed E-state index contributed by atoms with van der Waals surface area (Å²) >= 11 is 2.75. The summed E-state index contributed by atoms with van der Waals surface area (Å²) in [6.45, 7) is 0.835. The van der Waals surface area contributed by atoms with Gasteiger partial charge in [0.2, 0.25) is 0 Å². The zero-order chi connectivity index (χ0) is 23.6. The predicted molar refractivity (Wildman–Crippen MR) is 120 cm³/mol. The Morgan fingerprint density at radius 1 is 1.12 bits per heavy atom. The van der Waals surface area contributed by atoms with Crippen molar-refractivity contribution < 1.29 is 28.2 Å². The number of hydrogen-bond acceptors (Lipinski definition) is 8. The van der Waals surface area contributed by atoms with Gasteiger partial charge in [-0.3, -0.25) is 4.79 Å². The van der Waals surface area contributed by atoms with Gasteiger partial charge >= 0.3 is 6.18 Å². The van der Waals surface area contributed by atoms with Crippen molar-refractivity contribution in [1.82, 2.24) is 9.97 Å². The first kappa shape index (κ1) is 23.8. The van der Waals surface area contributed by atoms with Crippen molar-refractivity contribution in [1.29, 1.82) is 0 Å². The minimum Gasteiger partial charge on any atom is -0.396 e. The minimum absolute atomic E-state index is 0.0487. The van der Waals surface area contributed by atoms with Crippen LogP contribution in [0.2, 0.25) is 0 Å². The van der Waals surface area contributed by atoms with Gasteiger partial charge in [0.15, 0.2) is 0 Å². The molecule has 3 heterocycles. The first-order valence-electron chi connectivity index (χ1n) is 10.4. The second-order valence-electron chi connectivity index (χ2n) is 7.78. The Labute approximate surface area is 196 Å². The number of carbonyl (C=O) groups excluding carboxylic acids is 1. The van der Waals surface area contributed by atoms with Crippen LogP contribution in [0, 0.1) is 5.92 Å². The number of benzene rings is 1. The van der Waals surface area contributed by atoms with Crippen molar-refractivity contribution in [2.45, 2.75) is 32.0 Å². The van der Waals surface area contributed by atoms with Crippen LogP contribution in [0.4, 0.5) is 18.9 Å².